The largest absolute Gasteiger partial charge is 0.393 e. The second kappa shape index (κ2) is 6.23. The molecular formula is C12H16BrFO. The molecule has 1 N–H and O–H groups in total. The van der Waals surface area contributed by atoms with Gasteiger partial charge in [0, 0.05) is 10.9 Å². The van der Waals surface area contributed by atoms with Gasteiger partial charge >= 0.3 is 0 Å². The van der Waals surface area contributed by atoms with Crippen LogP contribution in [0.2, 0.25) is 0 Å². The third-order valence-corrected chi connectivity index (χ3v) is 2.85. The molecule has 0 aromatic heterocycles. The summed E-state index contributed by atoms with van der Waals surface area (Å²) in [6, 6.07) is 4.95. The fourth-order valence-electron chi connectivity index (χ4n) is 1.48. The SMILES string of the molecule is CCCCC(O)Cc1ccc(Br)cc1F. The van der Waals surface area contributed by atoms with Crippen molar-refractivity contribution in [2.24, 2.45) is 0 Å². The van der Waals surface area contributed by atoms with Crippen LogP contribution in [0.1, 0.15) is 31.7 Å². The Labute approximate surface area is 98.4 Å². The molecule has 0 heterocycles. The fourth-order valence-corrected chi connectivity index (χ4v) is 1.82. The maximum absolute atomic E-state index is 13.4. The van der Waals surface area contributed by atoms with Gasteiger partial charge in [-0.3, -0.25) is 0 Å². The Hall–Kier alpha value is -0.410. The molecule has 0 fully saturated rings. The monoisotopic (exact) mass is 274 g/mol. The van der Waals surface area contributed by atoms with Gasteiger partial charge in [-0.2, -0.15) is 0 Å². The van der Waals surface area contributed by atoms with Gasteiger partial charge in [0.05, 0.1) is 6.10 Å². The first-order valence-electron chi connectivity index (χ1n) is 5.25. The molecule has 0 aliphatic rings. The van der Waals surface area contributed by atoms with Crippen molar-refractivity contribution in [3.63, 3.8) is 0 Å². The zero-order chi connectivity index (χ0) is 11.3. The Morgan fingerprint density at radius 3 is 2.80 bits per heavy atom. The predicted molar refractivity (Wildman–Crippen MR) is 63.3 cm³/mol. The lowest BCUT2D eigenvalue weighted by Gasteiger charge is -2.10. The minimum absolute atomic E-state index is 0.250. The highest BCUT2D eigenvalue weighted by molar-refractivity contribution is 9.10. The van der Waals surface area contributed by atoms with Crippen LogP contribution in [-0.2, 0) is 6.42 Å². The van der Waals surface area contributed by atoms with E-state index in [1.54, 1.807) is 12.1 Å². The van der Waals surface area contributed by atoms with E-state index < -0.39 is 6.10 Å². The Balaban J connectivity index is 2.56. The Bertz CT molecular complexity index is 314. The van der Waals surface area contributed by atoms with Crippen LogP contribution in [-0.4, -0.2) is 11.2 Å². The molecule has 1 aromatic rings. The molecule has 1 aromatic carbocycles. The van der Waals surface area contributed by atoms with Crippen molar-refractivity contribution in [2.45, 2.75) is 38.7 Å². The van der Waals surface area contributed by atoms with Crippen LogP contribution in [0.5, 0.6) is 0 Å². The number of aliphatic hydroxyl groups excluding tert-OH is 1. The summed E-state index contributed by atoms with van der Waals surface area (Å²) < 4.78 is 14.1. The first kappa shape index (κ1) is 12.7. The average Bonchev–Trinajstić information content (AvgIpc) is 2.19. The highest BCUT2D eigenvalue weighted by Crippen LogP contribution is 2.17. The molecule has 0 saturated heterocycles. The summed E-state index contributed by atoms with van der Waals surface area (Å²) >= 11 is 3.20. The van der Waals surface area contributed by atoms with Crippen LogP contribution in [0, 0.1) is 5.82 Å². The number of hydrogen-bond acceptors (Lipinski definition) is 1. The van der Waals surface area contributed by atoms with Crippen LogP contribution >= 0.6 is 15.9 Å². The third kappa shape index (κ3) is 4.31. The molecule has 1 unspecified atom stereocenters. The van der Waals surface area contributed by atoms with Crippen LogP contribution in [0.3, 0.4) is 0 Å². The van der Waals surface area contributed by atoms with Crippen molar-refractivity contribution in [2.75, 3.05) is 0 Å². The molecule has 3 heteroatoms. The molecular weight excluding hydrogens is 259 g/mol. The van der Waals surface area contributed by atoms with Crippen molar-refractivity contribution < 1.29 is 9.50 Å². The smallest absolute Gasteiger partial charge is 0.127 e. The average molecular weight is 275 g/mol. The molecule has 0 amide bonds. The van der Waals surface area contributed by atoms with Crippen LogP contribution in [0.4, 0.5) is 4.39 Å². The molecule has 0 aliphatic carbocycles. The summed E-state index contributed by atoms with van der Waals surface area (Å²) in [6.45, 7) is 2.08. The molecule has 0 aliphatic heterocycles. The molecule has 0 saturated carbocycles. The minimum atomic E-state index is -0.430. The highest BCUT2D eigenvalue weighted by Gasteiger charge is 2.09. The van der Waals surface area contributed by atoms with Crippen LogP contribution in [0.25, 0.3) is 0 Å². The third-order valence-electron chi connectivity index (χ3n) is 2.36. The zero-order valence-corrected chi connectivity index (χ0v) is 10.4. The predicted octanol–water partition coefficient (Wildman–Crippen LogP) is 3.68. The van der Waals surface area contributed by atoms with Crippen molar-refractivity contribution in [3.8, 4) is 0 Å². The van der Waals surface area contributed by atoms with E-state index in [4.69, 9.17) is 0 Å². The summed E-state index contributed by atoms with van der Waals surface area (Å²) in [5, 5.41) is 9.65. The van der Waals surface area contributed by atoms with Crippen molar-refractivity contribution in [3.05, 3.63) is 34.1 Å². The van der Waals surface area contributed by atoms with E-state index in [1.165, 1.54) is 6.07 Å². The van der Waals surface area contributed by atoms with Gasteiger partial charge in [-0.25, -0.2) is 4.39 Å². The van der Waals surface area contributed by atoms with Gasteiger partial charge in [-0.05, 0) is 24.1 Å². The van der Waals surface area contributed by atoms with Crippen LogP contribution < -0.4 is 0 Å². The summed E-state index contributed by atoms with van der Waals surface area (Å²) in [7, 11) is 0. The van der Waals surface area contributed by atoms with E-state index in [0.29, 0.717) is 12.0 Å². The number of hydrogen-bond donors (Lipinski definition) is 1. The van der Waals surface area contributed by atoms with Gasteiger partial charge in [0.1, 0.15) is 5.82 Å². The fraction of sp³-hybridized carbons (Fsp3) is 0.500. The highest BCUT2D eigenvalue weighted by atomic mass is 79.9. The van der Waals surface area contributed by atoms with Gasteiger partial charge in [-0.1, -0.05) is 41.8 Å². The van der Waals surface area contributed by atoms with Gasteiger partial charge in [0.25, 0.3) is 0 Å². The zero-order valence-electron chi connectivity index (χ0n) is 8.84. The molecule has 1 nitrogen and oxygen atoms in total. The maximum atomic E-state index is 13.4. The standard InChI is InChI=1S/C12H16BrFO/c1-2-3-4-11(15)7-9-5-6-10(13)8-12(9)14/h5-6,8,11,15H,2-4,7H2,1H3. The topological polar surface area (TPSA) is 20.2 Å². The molecule has 0 radical (unpaired) electrons. The van der Waals surface area contributed by atoms with Crippen LogP contribution in [0.15, 0.2) is 22.7 Å². The summed E-state index contributed by atoms with van der Waals surface area (Å²) in [5.41, 5.74) is 0.585. The maximum Gasteiger partial charge on any atom is 0.127 e. The number of halogens is 2. The quantitative estimate of drug-likeness (QED) is 0.869. The lowest BCUT2D eigenvalue weighted by molar-refractivity contribution is 0.160. The lowest BCUT2D eigenvalue weighted by atomic mass is 10.0. The first-order valence-corrected chi connectivity index (χ1v) is 6.04. The molecule has 1 atom stereocenters. The normalized spacial score (nSPS) is 12.8. The molecule has 84 valence electrons. The minimum Gasteiger partial charge on any atom is -0.393 e. The van der Waals surface area contributed by atoms with Crippen molar-refractivity contribution in [1.82, 2.24) is 0 Å². The molecule has 0 spiro atoms. The second-order valence-corrected chi connectivity index (χ2v) is 4.65. The summed E-state index contributed by atoms with van der Waals surface area (Å²) in [5.74, 6) is -0.250. The second-order valence-electron chi connectivity index (χ2n) is 3.74. The van der Waals surface area contributed by atoms with Gasteiger partial charge < -0.3 is 5.11 Å². The lowest BCUT2D eigenvalue weighted by Crippen LogP contribution is -2.11. The van der Waals surface area contributed by atoms with E-state index in [-0.39, 0.29) is 5.82 Å². The van der Waals surface area contributed by atoms with Gasteiger partial charge in [0.15, 0.2) is 0 Å². The first-order chi connectivity index (χ1) is 7.13. The molecule has 0 bridgehead atoms. The Kier molecular flexibility index (Phi) is 5.26. The summed E-state index contributed by atoms with van der Waals surface area (Å²) in [4.78, 5) is 0. The van der Waals surface area contributed by atoms with Gasteiger partial charge in [-0.15, -0.1) is 0 Å². The number of benzene rings is 1. The van der Waals surface area contributed by atoms with E-state index in [1.807, 2.05) is 0 Å². The van der Waals surface area contributed by atoms with E-state index in [0.717, 1.165) is 23.7 Å². The Morgan fingerprint density at radius 1 is 1.47 bits per heavy atom. The van der Waals surface area contributed by atoms with Gasteiger partial charge in [0.2, 0.25) is 0 Å². The number of aliphatic hydroxyl groups is 1. The van der Waals surface area contributed by atoms with E-state index in [2.05, 4.69) is 22.9 Å². The number of rotatable bonds is 5. The van der Waals surface area contributed by atoms with E-state index in [9.17, 15) is 9.50 Å². The summed E-state index contributed by atoms with van der Waals surface area (Å²) in [6.07, 6.45) is 2.75. The van der Waals surface area contributed by atoms with Crippen molar-refractivity contribution in [1.29, 1.82) is 0 Å². The Morgan fingerprint density at radius 2 is 2.20 bits per heavy atom. The van der Waals surface area contributed by atoms with E-state index >= 15 is 0 Å². The van der Waals surface area contributed by atoms with Crippen molar-refractivity contribution >= 4 is 15.9 Å². The molecule has 15 heavy (non-hydrogen) atoms. The molecule has 1 rings (SSSR count). The number of unbranched alkanes of at least 4 members (excludes halogenated alkanes) is 1.